The van der Waals surface area contributed by atoms with Crippen LogP contribution < -0.4 is 11.1 Å². The Morgan fingerprint density at radius 3 is 2.90 bits per heavy atom. The molecule has 0 saturated carbocycles. The third-order valence-electron chi connectivity index (χ3n) is 3.88. The van der Waals surface area contributed by atoms with Crippen molar-refractivity contribution in [1.29, 1.82) is 0 Å². The second-order valence-electron chi connectivity index (χ2n) is 6.60. The van der Waals surface area contributed by atoms with Crippen LogP contribution in [0.15, 0.2) is 18.2 Å². The fourth-order valence-electron chi connectivity index (χ4n) is 2.85. The molecule has 1 aromatic rings. The van der Waals surface area contributed by atoms with Crippen LogP contribution in [0.4, 0.5) is 11.4 Å². The third-order valence-corrected chi connectivity index (χ3v) is 3.88. The highest BCUT2D eigenvalue weighted by molar-refractivity contribution is 5.93. The Bertz CT molecular complexity index is 496. The molecule has 110 valence electrons. The third kappa shape index (κ3) is 3.97. The van der Waals surface area contributed by atoms with Gasteiger partial charge in [-0.15, -0.1) is 0 Å². The van der Waals surface area contributed by atoms with Gasteiger partial charge in [-0.1, -0.05) is 19.9 Å². The summed E-state index contributed by atoms with van der Waals surface area (Å²) in [7, 11) is 0. The number of carbonyl (C=O) groups is 1. The average Bonchev–Trinajstić information content (AvgIpc) is 2.32. The van der Waals surface area contributed by atoms with Gasteiger partial charge in [0.2, 0.25) is 5.91 Å². The molecule has 0 aliphatic carbocycles. The number of aryl methyl sites for hydroxylation is 1. The number of hydrogen-bond donors (Lipinski definition) is 2. The Morgan fingerprint density at radius 2 is 2.20 bits per heavy atom. The SMILES string of the molecule is Cc1ccc(N)cc1NC(=O)CN1CCCC(C)(C)C1. The second kappa shape index (κ2) is 5.83. The van der Waals surface area contributed by atoms with Crippen LogP contribution in [-0.4, -0.2) is 30.4 Å². The van der Waals surface area contributed by atoms with E-state index >= 15 is 0 Å². The molecule has 0 radical (unpaired) electrons. The lowest BCUT2D eigenvalue weighted by atomic mass is 9.84. The summed E-state index contributed by atoms with van der Waals surface area (Å²) in [5.41, 5.74) is 8.59. The summed E-state index contributed by atoms with van der Waals surface area (Å²) in [5, 5.41) is 2.97. The van der Waals surface area contributed by atoms with Crippen molar-refractivity contribution in [2.75, 3.05) is 30.7 Å². The highest BCUT2D eigenvalue weighted by atomic mass is 16.2. The van der Waals surface area contributed by atoms with Gasteiger partial charge in [0.25, 0.3) is 0 Å². The Balaban J connectivity index is 1.94. The molecular weight excluding hydrogens is 250 g/mol. The number of nitrogens with zero attached hydrogens (tertiary/aromatic N) is 1. The number of nitrogens with one attached hydrogen (secondary N) is 1. The first-order valence-electron chi connectivity index (χ1n) is 7.24. The van der Waals surface area contributed by atoms with Gasteiger partial charge in [-0.2, -0.15) is 0 Å². The number of nitrogens with two attached hydrogens (primary N) is 1. The smallest absolute Gasteiger partial charge is 0.238 e. The molecule has 1 aliphatic rings. The van der Waals surface area contributed by atoms with E-state index in [2.05, 4.69) is 24.1 Å². The quantitative estimate of drug-likeness (QED) is 0.834. The molecule has 0 atom stereocenters. The second-order valence-corrected chi connectivity index (χ2v) is 6.60. The number of piperidine rings is 1. The average molecular weight is 275 g/mol. The van der Waals surface area contributed by atoms with Crippen LogP contribution in [0.1, 0.15) is 32.3 Å². The van der Waals surface area contributed by atoms with Crippen molar-refractivity contribution in [2.45, 2.75) is 33.6 Å². The van der Waals surface area contributed by atoms with Crippen molar-refractivity contribution in [2.24, 2.45) is 5.41 Å². The van der Waals surface area contributed by atoms with Gasteiger partial charge in [-0.05, 0) is 49.4 Å². The Hall–Kier alpha value is -1.55. The summed E-state index contributed by atoms with van der Waals surface area (Å²) < 4.78 is 0. The van der Waals surface area contributed by atoms with Gasteiger partial charge >= 0.3 is 0 Å². The number of anilines is 2. The van der Waals surface area contributed by atoms with Crippen LogP contribution in [0.2, 0.25) is 0 Å². The first-order valence-corrected chi connectivity index (χ1v) is 7.24. The first-order chi connectivity index (χ1) is 9.35. The Labute approximate surface area is 121 Å². The lowest BCUT2D eigenvalue weighted by Gasteiger charge is -2.37. The number of amides is 1. The van der Waals surface area contributed by atoms with Crippen molar-refractivity contribution >= 4 is 17.3 Å². The van der Waals surface area contributed by atoms with Crippen LogP contribution >= 0.6 is 0 Å². The summed E-state index contributed by atoms with van der Waals surface area (Å²) in [6.07, 6.45) is 2.40. The summed E-state index contributed by atoms with van der Waals surface area (Å²) in [4.78, 5) is 14.4. The standard InChI is InChI=1S/C16H25N3O/c1-12-5-6-13(17)9-14(12)18-15(20)10-19-8-4-7-16(2,3)11-19/h5-6,9H,4,7-8,10-11,17H2,1-3H3,(H,18,20). The van der Waals surface area contributed by atoms with E-state index in [9.17, 15) is 4.79 Å². The highest BCUT2D eigenvalue weighted by Gasteiger charge is 2.27. The predicted octanol–water partition coefficient (Wildman–Crippen LogP) is 2.64. The minimum absolute atomic E-state index is 0.0383. The minimum Gasteiger partial charge on any atom is -0.399 e. The van der Waals surface area contributed by atoms with Gasteiger partial charge in [-0.3, -0.25) is 9.69 Å². The molecule has 2 rings (SSSR count). The van der Waals surface area contributed by atoms with Crippen molar-refractivity contribution in [1.82, 2.24) is 4.90 Å². The topological polar surface area (TPSA) is 58.4 Å². The fourth-order valence-corrected chi connectivity index (χ4v) is 2.85. The van der Waals surface area contributed by atoms with E-state index in [0.717, 1.165) is 30.8 Å². The normalized spacial score (nSPS) is 18.8. The Kier molecular flexibility index (Phi) is 4.33. The number of benzene rings is 1. The molecule has 1 amide bonds. The van der Waals surface area contributed by atoms with Gasteiger partial charge in [0.15, 0.2) is 0 Å². The Morgan fingerprint density at radius 1 is 1.45 bits per heavy atom. The van der Waals surface area contributed by atoms with Crippen LogP contribution in [0.25, 0.3) is 0 Å². The number of hydrogen-bond acceptors (Lipinski definition) is 3. The largest absolute Gasteiger partial charge is 0.399 e. The molecule has 1 aromatic carbocycles. The van der Waals surface area contributed by atoms with E-state index in [1.165, 1.54) is 6.42 Å². The molecule has 0 unspecified atom stereocenters. The van der Waals surface area contributed by atoms with E-state index in [4.69, 9.17) is 5.73 Å². The van der Waals surface area contributed by atoms with E-state index in [-0.39, 0.29) is 5.91 Å². The number of nitrogen functional groups attached to an aromatic ring is 1. The van der Waals surface area contributed by atoms with Crippen LogP contribution in [0.5, 0.6) is 0 Å². The monoisotopic (exact) mass is 275 g/mol. The van der Waals surface area contributed by atoms with Gasteiger partial charge < -0.3 is 11.1 Å². The molecule has 20 heavy (non-hydrogen) atoms. The zero-order chi connectivity index (χ0) is 14.8. The molecule has 1 saturated heterocycles. The zero-order valence-electron chi connectivity index (χ0n) is 12.7. The van der Waals surface area contributed by atoms with Crippen molar-refractivity contribution in [3.63, 3.8) is 0 Å². The molecule has 3 N–H and O–H groups in total. The molecule has 1 fully saturated rings. The van der Waals surface area contributed by atoms with Crippen LogP contribution in [0.3, 0.4) is 0 Å². The summed E-state index contributed by atoms with van der Waals surface area (Å²) in [5.74, 6) is 0.0383. The first kappa shape index (κ1) is 14.9. The van der Waals surface area contributed by atoms with E-state index in [1.54, 1.807) is 0 Å². The molecule has 0 spiro atoms. The van der Waals surface area contributed by atoms with E-state index in [0.29, 0.717) is 17.6 Å². The maximum absolute atomic E-state index is 12.2. The summed E-state index contributed by atoms with van der Waals surface area (Å²) >= 11 is 0. The van der Waals surface area contributed by atoms with E-state index < -0.39 is 0 Å². The van der Waals surface area contributed by atoms with Gasteiger partial charge in [0, 0.05) is 17.9 Å². The molecule has 4 nitrogen and oxygen atoms in total. The van der Waals surface area contributed by atoms with Gasteiger partial charge in [0.1, 0.15) is 0 Å². The lowest BCUT2D eigenvalue weighted by molar-refractivity contribution is -0.118. The molecule has 4 heteroatoms. The van der Waals surface area contributed by atoms with Crippen molar-refractivity contribution < 1.29 is 4.79 Å². The number of likely N-dealkylation sites (tertiary alicyclic amines) is 1. The molecule has 0 bridgehead atoms. The van der Waals surface area contributed by atoms with Gasteiger partial charge in [-0.25, -0.2) is 0 Å². The molecule has 0 aromatic heterocycles. The maximum atomic E-state index is 12.2. The summed E-state index contributed by atoms with van der Waals surface area (Å²) in [6, 6.07) is 5.58. The van der Waals surface area contributed by atoms with Gasteiger partial charge in [0.05, 0.1) is 6.54 Å². The van der Waals surface area contributed by atoms with E-state index in [1.807, 2.05) is 25.1 Å². The molecule has 1 aliphatic heterocycles. The minimum atomic E-state index is 0.0383. The number of rotatable bonds is 3. The fraction of sp³-hybridized carbons (Fsp3) is 0.562. The lowest BCUT2D eigenvalue weighted by Crippen LogP contribution is -2.43. The van der Waals surface area contributed by atoms with Crippen LogP contribution in [0, 0.1) is 12.3 Å². The number of carbonyl (C=O) groups excluding carboxylic acids is 1. The predicted molar refractivity (Wildman–Crippen MR) is 83.7 cm³/mol. The zero-order valence-corrected chi connectivity index (χ0v) is 12.7. The maximum Gasteiger partial charge on any atom is 0.238 e. The van der Waals surface area contributed by atoms with Crippen LogP contribution in [-0.2, 0) is 4.79 Å². The highest BCUT2D eigenvalue weighted by Crippen LogP contribution is 2.28. The van der Waals surface area contributed by atoms with Crippen molar-refractivity contribution in [3.8, 4) is 0 Å². The summed E-state index contributed by atoms with van der Waals surface area (Å²) in [6.45, 7) is 8.94. The molecular formula is C16H25N3O. The molecule has 1 heterocycles. The van der Waals surface area contributed by atoms with Crippen molar-refractivity contribution in [3.05, 3.63) is 23.8 Å².